The molecule has 6 heteroatoms. The van der Waals surface area contributed by atoms with Crippen molar-refractivity contribution in [3.63, 3.8) is 0 Å². The van der Waals surface area contributed by atoms with Gasteiger partial charge in [0.05, 0.1) is 5.92 Å². The number of nitrogens with one attached hydrogen (secondary N) is 1. The number of piperidine rings is 1. The molecule has 1 atom stereocenters. The number of benzene rings is 1. The summed E-state index contributed by atoms with van der Waals surface area (Å²) in [4.78, 5) is 41.3. The molecule has 0 aromatic heterocycles. The van der Waals surface area contributed by atoms with Gasteiger partial charge in [0.15, 0.2) is 0 Å². The number of carbonyl (C=O) groups excluding carboxylic acids is 3. The van der Waals surface area contributed by atoms with E-state index in [1.165, 1.54) is 0 Å². The lowest BCUT2D eigenvalue weighted by atomic mass is 9.94. The summed E-state index contributed by atoms with van der Waals surface area (Å²) in [7, 11) is 0. The largest absolute Gasteiger partial charge is 0.356 e. The van der Waals surface area contributed by atoms with E-state index in [0.717, 1.165) is 24.1 Å². The van der Waals surface area contributed by atoms with Gasteiger partial charge in [-0.1, -0.05) is 32.0 Å². The normalized spacial score (nSPS) is 20.5. The van der Waals surface area contributed by atoms with Crippen LogP contribution in [0, 0.1) is 11.8 Å². The fourth-order valence-corrected chi connectivity index (χ4v) is 4.19. The number of carbonyl (C=O) groups is 3. The van der Waals surface area contributed by atoms with E-state index >= 15 is 0 Å². The highest BCUT2D eigenvalue weighted by Crippen LogP contribution is 2.30. The molecule has 0 aliphatic carbocycles. The van der Waals surface area contributed by atoms with Crippen LogP contribution in [-0.2, 0) is 20.8 Å². The fraction of sp³-hybridized carbons (Fsp3) is 0.591. The number of para-hydroxylation sites is 1. The van der Waals surface area contributed by atoms with E-state index in [1.807, 2.05) is 36.1 Å². The van der Waals surface area contributed by atoms with Gasteiger partial charge in [-0.05, 0) is 37.3 Å². The van der Waals surface area contributed by atoms with Crippen molar-refractivity contribution in [3.8, 4) is 0 Å². The molecule has 3 rings (SSSR count). The highest BCUT2D eigenvalue weighted by molar-refractivity contribution is 6.00. The average molecular weight is 386 g/mol. The zero-order chi connectivity index (χ0) is 20.1. The molecule has 1 N–H and O–H groups in total. The molecule has 2 heterocycles. The second kappa shape index (κ2) is 9.22. The first-order valence-electron chi connectivity index (χ1n) is 10.5. The van der Waals surface area contributed by atoms with E-state index in [2.05, 4.69) is 12.2 Å². The molecule has 2 aliphatic rings. The molecular formula is C22H31N3O3. The summed E-state index contributed by atoms with van der Waals surface area (Å²) >= 11 is 0. The second-order valence-corrected chi connectivity index (χ2v) is 7.78. The van der Waals surface area contributed by atoms with Crippen LogP contribution in [0.4, 0.5) is 5.69 Å². The third kappa shape index (κ3) is 4.37. The van der Waals surface area contributed by atoms with Crippen molar-refractivity contribution in [2.75, 3.05) is 31.1 Å². The summed E-state index contributed by atoms with van der Waals surface area (Å²) in [6, 6.07) is 7.91. The summed E-state index contributed by atoms with van der Waals surface area (Å²) < 4.78 is 0. The van der Waals surface area contributed by atoms with E-state index in [0.29, 0.717) is 39.0 Å². The molecule has 1 aromatic carbocycles. The smallest absolute Gasteiger partial charge is 0.228 e. The molecule has 0 spiro atoms. The summed E-state index contributed by atoms with van der Waals surface area (Å²) in [5.74, 6) is -0.116. The summed E-state index contributed by atoms with van der Waals surface area (Å²) in [5.41, 5.74) is 2.06. The van der Waals surface area contributed by atoms with Crippen LogP contribution in [0.5, 0.6) is 0 Å². The third-order valence-corrected chi connectivity index (χ3v) is 5.86. The van der Waals surface area contributed by atoms with Crippen LogP contribution < -0.4 is 10.2 Å². The molecule has 152 valence electrons. The van der Waals surface area contributed by atoms with Gasteiger partial charge in [-0.25, -0.2) is 0 Å². The average Bonchev–Trinajstić information content (AvgIpc) is 3.12. The molecule has 1 unspecified atom stereocenters. The lowest BCUT2D eigenvalue weighted by Crippen LogP contribution is -2.45. The first kappa shape index (κ1) is 20.4. The summed E-state index contributed by atoms with van der Waals surface area (Å²) in [6.07, 6.45) is 3.45. The quantitative estimate of drug-likeness (QED) is 0.817. The van der Waals surface area contributed by atoms with Crippen molar-refractivity contribution < 1.29 is 14.4 Å². The predicted octanol–water partition coefficient (Wildman–Crippen LogP) is 2.37. The van der Waals surface area contributed by atoms with Crippen LogP contribution in [0.1, 0.15) is 45.1 Å². The maximum Gasteiger partial charge on any atom is 0.228 e. The van der Waals surface area contributed by atoms with E-state index in [9.17, 15) is 14.4 Å². The number of hydrogen-bond acceptors (Lipinski definition) is 3. The number of hydrogen-bond donors (Lipinski definition) is 1. The Morgan fingerprint density at radius 3 is 2.50 bits per heavy atom. The number of likely N-dealkylation sites (tertiary alicyclic amines) is 1. The Balaban J connectivity index is 1.57. The number of rotatable bonds is 6. The van der Waals surface area contributed by atoms with Crippen molar-refractivity contribution in [3.05, 3.63) is 29.8 Å². The molecule has 6 nitrogen and oxygen atoms in total. The van der Waals surface area contributed by atoms with Gasteiger partial charge in [-0.2, -0.15) is 0 Å². The molecule has 3 amide bonds. The second-order valence-electron chi connectivity index (χ2n) is 7.78. The van der Waals surface area contributed by atoms with Crippen LogP contribution >= 0.6 is 0 Å². The zero-order valence-corrected chi connectivity index (χ0v) is 16.9. The van der Waals surface area contributed by atoms with Crippen LogP contribution in [0.15, 0.2) is 24.3 Å². The van der Waals surface area contributed by atoms with E-state index in [4.69, 9.17) is 0 Å². The maximum absolute atomic E-state index is 13.0. The highest BCUT2D eigenvalue weighted by atomic mass is 16.2. The minimum absolute atomic E-state index is 0.00580. The van der Waals surface area contributed by atoms with Crippen molar-refractivity contribution in [1.82, 2.24) is 10.2 Å². The van der Waals surface area contributed by atoms with Gasteiger partial charge < -0.3 is 15.1 Å². The topological polar surface area (TPSA) is 69.7 Å². The van der Waals surface area contributed by atoms with E-state index < -0.39 is 0 Å². The van der Waals surface area contributed by atoms with Gasteiger partial charge in [0.25, 0.3) is 0 Å². The van der Waals surface area contributed by atoms with Gasteiger partial charge in [-0.3, -0.25) is 14.4 Å². The van der Waals surface area contributed by atoms with E-state index in [1.54, 1.807) is 4.90 Å². The Morgan fingerprint density at radius 1 is 1.11 bits per heavy atom. The monoisotopic (exact) mass is 385 g/mol. The van der Waals surface area contributed by atoms with Gasteiger partial charge in [0.2, 0.25) is 17.7 Å². The minimum Gasteiger partial charge on any atom is -0.356 e. The Labute approximate surface area is 167 Å². The minimum atomic E-state index is -0.289. The van der Waals surface area contributed by atoms with Gasteiger partial charge in [-0.15, -0.1) is 0 Å². The van der Waals surface area contributed by atoms with Crippen LogP contribution in [0.3, 0.4) is 0 Å². The van der Waals surface area contributed by atoms with Crippen molar-refractivity contribution in [2.45, 2.75) is 46.0 Å². The Bertz CT molecular complexity index is 725. The molecule has 2 saturated heterocycles. The zero-order valence-electron chi connectivity index (χ0n) is 16.9. The summed E-state index contributed by atoms with van der Waals surface area (Å²) in [5, 5.41) is 2.95. The SMILES string of the molecule is CCCNC(=O)C1CCN(C(=O)C2CC(=O)N(c3ccccc3CC)C2)CC1. The predicted molar refractivity (Wildman–Crippen MR) is 109 cm³/mol. The first-order valence-corrected chi connectivity index (χ1v) is 10.5. The molecule has 1 aromatic rings. The summed E-state index contributed by atoms with van der Waals surface area (Å²) in [6.45, 7) is 6.46. The lowest BCUT2D eigenvalue weighted by molar-refractivity contribution is -0.139. The number of aryl methyl sites for hydroxylation is 1. The first-order chi connectivity index (χ1) is 13.5. The Morgan fingerprint density at radius 2 is 1.82 bits per heavy atom. The number of nitrogens with zero attached hydrogens (tertiary/aromatic N) is 2. The van der Waals surface area contributed by atoms with Gasteiger partial charge in [0.1, 0.15) is 0 Å². The third-order valence-electron chi connectivity index (χ3n) is 5.86. The van der Waals surface area contributed by atoms with E-state index in [-0.39, 0.29) is 36.0 Å². The van der Waals surface area contributed by atoms with Crippen LogP contribution in [0.2, 0.25) is 0 Å². The van der Waals surface area contributed by atoms with Crippen molar-refractivity contribution in [1.29, 1.82) is 0 Å². The molecule has 2 fully saturated rings. The lowest BCUT2D eigenvalue weighted by Gasteiger charge is -2.33. The molecule has 2 aliphatic heterocycles. The van der Waals surface area contributed by atoms with Gasteiger partial charge in [0, 0.05) is 44.2 Å². The van der Waals surface area contributed by atoms with Gasteiger partial charge >= 0.3 is 0 Å². The highest BCUT2D eigenvalue weighted by Gasteiger charge is 2.39. The molecule has 0 saturated carbocycles. The molecular weight excluding hydrogens is 354 g/mol. The van der Waals surface area contributed by atoms with Crippen LogP contribution in [-0.4, -0.2) is 48.8 Å². The molecule has 0 bridgehead atoms. The molecule has 28 heavy (non-hydrogen) atoms. The fourth-order valence-electron chi connectivity index (χ4n) is 4.19. The Hall–Kier alpha value is -2.37. The number of anilines is 1. The van der Waals surface area contributed by atoms with Crippen molar-refractivity contribution >= 4 is 23.4 Å². The van der Waals surface area contributed by atoms with Crippen LogP contribution in [0.25, 0.3) is 0 Å². The maximum atomic E-state index is 13.0. The Kier molecular flexibility index (Phi) is 6.70. The van der Waals surface area contributed by atoms with Crippen molar-refractivity contribution in [2.24, 2.45) is 11.8 Å². The molecule has 0 radical (unpaired) electrons. The number of amides is 3. The standard InChI is InChI=1S/C22H31N3O3/c1-3-11-23-21(27)17-9-12-24(13-10-17)22(28)18-14-20(26)25(15-18)19-8-6-5-7-16(19)4-2/h5-8,17-18H,3-4,9-15H2,1-2H3,(H,23,27).